The predicted octanol–water partition coefficient (Wildman–Crippen LogP) is 2.62. The minimum Gasteiger partial charge on any atom is -0.328 e. The van der Waals surface area contributed by atoms with Gasteiger partial charge in [-0.2, -0.15) is 0 Å². The van der Waals surface area contributed by atoms with Crippen LogP contribution in [0.25, 0.3) is 0 Å². The van der Waals surface area contributed by atoms with Crippen LogP contribution < -0.4 is 5.73 Å². The molecule has 1 heterocycles. The summed E-state index contributed by atoms with van der Waals surface area (Å²) >= 11 is 0. The molecule has 2 nitrogen and oxygen atoms in total. The SMILES string of the molecule is CC(N)CCCC(C)CN1CC2CCC1C2. The molecule has 0 spiro atoms. The first kappa shape index (κ1) is 12.4. The summed E-state index contributed by atoms with van der Waals surface area (Å²) in [6.45, 7) is 7.25. The van der Waals surface area contributed by atoms with Gasteiger partial charge in [0, 0.05) is 25.2 Å². The van der Waals surface area contributed by atoms with Crippen LogP contribution in [0.4, 0.5) is 0 Å². The van der Waals surface area contributed by atoms with Crippen molar-refractivity contribution in [2.45, 2.75) is 64.5 Å². The maximum atomic E-state index is 5.78. The van der Waals surface area contributed by atoms with Crippen LogP contribution >= 0.6 is 0 Å². The summed E-state index contributed by atoms with van der Waals surface area (Å²) < 4.78 is 0. The van der Waals surface area contributed by atoms with Gasteiger partial charge in [0.25, 0.3) is 0 Å². The minimum absolute atomic E-state index is 0.384. The molecule has 94 valence electrons. The molecule has 2 N–H and O–H groups in total. The van der Waals surface area contributed by atoms with Crippen molar-refractivity contribution in [1.82, 2.24) is 4.90 Å². The third-order valence-corrected chi connectivity index (χ3v) is 4.43. The van der Waals surface area contributed by atoms with Gasteiger partial charge in [0.05, 0.1) is 0 Å². The van der Waals surface area contributed by atoms with Gasteiger partial charge in [0.1, 0.15) is 0 Å². The molecule has 1 aliphatic carbocycles. The molecule has 1 saturated heterocycles. The molecule has 1 saturated carbocycles. The van der Waals surface area contributed by atoms with Crippen LogP contribution in [0.3, 0.4) is 0 Å². The molecule has 2 rings (SSSR count). The number of nitrogens with two attached hydrogens (primary N) is 1. The minimum atomic E-state index is 0.384. The molecular formula is C14H28N2. The molecule has 2 bridgehead atoms. The Morgan fingerprint density at radius 3 is 2.62 bits per heavy atom. The number of piperidine rings is 1. The lowest BCUT2D eigenvalue weighted by Crippen LogP contribution is -2.35. The molecule has 16 heavy (non-hydrogen) atoms. The van der Waals surface area contributed by atoms with E-state index in [0.717, 1.165) is 17.9 Å². The number of hydrogen-bond acceptors (Lipinski definition) is 2. The van der Waals surface area contributed by atoms with E-state index >= 15 is 0 Å². The highest BCUT2D eigenvalue weighted by Crippen LogP contribution is 2.37. The Bertz CT molecular complexity index is 215. The van der Waals surface area contributed by atoms with Gasteiger partial charge in [-0.25, -0.2) is 0 Å². The molecule has 0 amide bonds. The van der Waals surface area contributed by atoms with Crippen LogP contribution in [0.5, 0.6) is 0 Å². The monoisotopic (exact) mass is 224 g/mol. The molecule has 1 aliphatic heterocycles. The number of rotatable bonds is 6. The largest absolute Gasteiger partial charge is 0.328 e. The first-order valence-electron chi connectivity index (χ1n) is 7.14. The number of fused-ring (bicyclic) bond motifs is 2. The van der Waals surface area contributed by atoms with Crippen molar-refractivity contribution in [3.05, 3.63) is 0 Å². The topological polar surface area (TPSA) is 29.3 Å². The van der Waals surface area contributed by atoms with Crippen molar-refractivity contribution >= 4 is 0 Å². The lowest BCUT2D eigenvalue weighted by Gasteiger charge is -2.29. The summed E-state index contributed by atoms with van der Waals surface area (Å²) in [4.78, 5) is 2.75. The first-order valence-corrected chi connectivity index (χ1v) is 7.14. The van der Waals surface area contributed by atoms with E-state index in [2.05, 4.69) is 18.7 Å². The molecule has 0 aromatic rings. The van der Waals surface area contributed by atoms with Crippen LogP contribution in [-0.4, -0.2) is 30.1 Å². The zero-order chi connectivity index (χ0) is 11.5. The van der Waals surface area contributed by atoms with Crippen LogP contribution in [0.15, 0.2) is 0 Å². The van der Waals surface area contributed by atoms with Gasteiger partial charge in [0.15, 0.2) is 0 Å². The zero-order valence-electron chi connectivity index (χ0n) is 11.0. The predicted molar refractivity (Wildman–Crippen MR) is 69.4 cm³/mol. The Morgan fingerprint density at radius 2 is 2.06 bits per heavy atom. The molecule has 0 radical (unpaired) electrons. The quantitative estimate of drug-likeness (QED) is 0.751. The van der Waals surface area contributed by atoms with E-state index in [4.69, 9.17) is 5.73 Å². The standard InChI is InChI=1S/C14H28N2/c1-11(4-3-5-12(2)15)9-16-10-13-6-7-14(16)8-13/h11-14H,3-10,15H2,1-2H3. The second-order valence-electron chi connectivity index (χ2n) is 6.30. The Labute approximate surface area is 101 Å². The lowest BCUT2D eigenvalue weighted by molar-refractivity contribution is 0.181. The van der Waals surface area contributed by atoms with Gasteiger partial charge >= 0.3 is 0 Å². The first-order chi connectivity index (χ1) is 7.65. The Hall–Kier alpha value is -0.0800. The van der Waals surface area contributed by atoms with Gasteiger partial charge in [-0.3, -0.25) is 4.90 Å². The van der Waals surface area contributed by atoms with Crippen molar-refractivity contribution in [3.63, 3.8) is 0 Å². The summed E-state index contributed by atoms with van der Waals surface area (Å²) in [6.07, 6.45) is 8.32. The molecule has 2 fully saturated rings. The van der Waals surface area contributed by atoms with Crippen molar-refractivity contribution in [1.29, 1.82) is 0 Å². The molecule has 2 heteroatoms. The molecule has 4 unspecified atom stereocenters. The zero-order valence-corrected chi connectivity index (χ0v) is 11.0. The molecule has 0 aromatic heterocycles. The van der Waals surface area contributed by atoms with Gasteiger partial charge < -0.3 is 5.73 Å². The van der Waals surface area contributed by atoms with E-state index < -0.39 is 0 Å². The van der Waals surface area contributed by atoms with Crippen molar-refractivity contribution in [2.75, 3.05) is 13.1 Å². The Kier molecular flexibility index (Phi) is 4.26. The maximum Gasteiger partial charge on any atom is 0.00987 e. The second kappa shape index (κ2) is 5.50. The summed E-state index contributed by atoms with van der Waals surface area (Å²) in [7, 11) is 0. The van der Waals surface area contributed by atoms with Gasteiger partial charge in [0.2, 0.25) is 0 Å². The third-order valence-electron chi connectivity index (χ3n) is 4.43. The summed E-state index contributed by atoms with van der Waals surface area (Å²) in [5, 5.41) is 0. The fourth-order valence-electron chi connectivity index (χ4n) is 3.53. The van der Waals surface area contributed by atoms with Gasteiger partial charge in [-0.05, 0) is 50.9 Å². The highest BCUT2D eigenvalue weighted by Gasteiger charge is 2.37. The third kappa shape index (κ3) is 3.21. The van der Waals surface area contributed by atoms with E-state index in [1.165, 1.54) is 51.6 Å². The summed E-state index contributed by atoms with van der Waals surface area (Å²) in [6, 6.07) is 1.33. The molecule has 4 atom stereocenters. The smallest absolute Gasteiger partial charge is 0.00987 e. The van der Waals surface area contributed by atoms with Crippen LogP contribution in [0, 0.1) is 11.8 Å². The fourth-order valence-corrected chi connectivity index (χ4v) is 3.53. The van der Waals surface area contributed by atoms with Crippen LogP contribution in [0.2, 0.25) is 0 Å². The normalized spacial score (nSPS) is 33.2. The average molecular weight is 224 g/mol. The number of likely N-dealkylation sites (tertiary alicyclic amines) is 1. The van der Waals surface area contributed by atoms with Crippen molar-refractivity contribution < 1.29 is 0 Å². The van der Waals surface area contributed by atoms with Crippen molar-refractivity contribution in [2.24, 2.45) is 17.6 Å². The summed E-state index contributed by atoms with van der Waals surface area (Å²) in [5.41, 5.74) is 5.78. The number of hydrogen-bond donors (Lipinski definition) is 1. The van der Waals surface area contributed by atoms with E-state index in [0.29, 0.717) is 6.04 Å². The van der Waals surface area contributed by atoms with Gasteiger partial charge in [-0.1, -0.05) is 13.3 Å². The molecular weight excluding hydrogens is 196 g/mol. The van der Waals surface area contributed by atoms with Crippen LogP contribution in [0.1, 0.15) is 52.4 Å². The van der Waals surface area contributed by atoms with E-state index in [1.54, 1.807) is 0 Å². The average Bonchev–Trinajstić information content (AvgIpc) is 2.78. The van der Waals surface area contributed by atoms with Crippen LogP contribution in [-0.2, 0) is 0 Å². The number of nitrogens with zero attached hydrogens (tertiary/aromatic N) is 1. The maximum absolute atomic E-state index is 5.78. The molecule has 2 aliphatic rings. The van der Waals surface area contributed by atoms with Gasteiger partial charge in [-0.15, -0.1) is 0 Å². The van der Waals surface area contributed by atoms with Crippen molar-refractivity contribution in [3.8, 4) is 0 Å². The van der Waals surface area contributed by atoms with E-state index in [1.807, 2.05) is 0 Å². The fraction of sp³-hybridized carbons (Fsp3) is 1.00. The lowest BCUT2D eigenvalue weighted by atomic mass is 10.0. The Morgan fingerprint density at radius 1 is 1.25 bits per heavy atom. The highest BCUT2D eigenvalue weighted by atomic mass is 15.2. The second-order valence-corrected chi connectivity index (χ2v) is 6.30. The summed E-state index contributed by atoms with van der Waals surface area (Å²) in [5.74, 6) is 1.90. The van der Waals surface area contributed by atoms with E-state index in [-0.39, 0.29) is 0 Å². The molecule has 0 aromatic carbocycles. The highest BCUT2D eigenvalue weighted by molar-refractivity contribution is 4.92. The van der Waals surface area contributed by atoms with E-state index in [9.17, 15) is 0 Å². The Balaban J connectivity index is 1.62.